The Bertz CT molecular complexity index is 689. The largest absolute Gasteiger partial charge is 0.506 e. The molecule has 1 aromatic carbocycles. The van der Waals surface area contributed by atoms with Gasteiger partial charge in [-0.1, -0.05) is 0 Å². The average Bonchev–Trinajstić information content (AvgIpc) is 2.70. The van der Waals surface area contributed by atoms with Crippen molar-refractivity contribution in [1.29, 1.82) is 0 Å². The second kappa shape index (κ2) is 5.82. The van der Waals surface area contributed by atoms with E-state index in [9.17, 15) is 23.6 Å². The maximum atomic E-state index is 11.3. The summed E-state index contributed by atoms with van der Waals surface area (Å²) >= 11 is 5.03. The third-order valence-corrected chi connectivity index (χ3v) is 5.00. The predicted molar refractivity (Wildman–Crippen MR) is 81.2 cm³/mol. The first-order valence-corrected chi connectivity index (χ1v) is 8.25. The van der Waals surface area contributed by atoms with E-state index in [2.05, 4.69) is 10.6 Å². The highest BCUT2D eigenvalue weighted by molar-refractivity contribution is 7.91. The van der Waals surface area contributed by atoms with E-state index >= 15 is 0 Å². The number of nitrogens with zero attached hydrogens (tertiary/aromatic N) is 1. The quantitative estimate of drug-likeness (QED) is 0.321. The van der Waals surface area contributed by atoms with Crippen LogP contribution >= 0.6 is 12.2 Å². The second-order valence-electron chi connectivity index (χ2n) is 4.66. The van der Waals surface area contributed by atoms with E-state index < -0.39 is 14.8 Å². The zero-order chi connectivity index (χ0) is 15.6. The van der Waals surface area contributed by atoms with Crippen molar-refractivity contribution in [3.05, 3.63) is 28.3 Å². The molecule has 0 amide bonds. The fourth-order valence-electron chi connectivity index (χ4n) is 1.99. The van der Waals surface area contributed by atoms with Crippen LogP contribution in [0, 0.1) is 10.1 Å². The number of benzene rings is 1. The minimum absolute atomic E-state index is 0.0149. The number of sulfone groups is 1. The third-order valence-electron chi connectivity index (χ3n) is 3.01. The molecule has 0 radical (unpaired) electrons. The first kappa shape index (κ1) is 15.4. The highest BCUT2D eigenvalue weighted by atomic mass is 32.2. The van der Waals surface area contributed by atoms with Crippen LogP contribution in [0.3, 0.4) is 0 Å². The highest BCUT2D eigenvalue weighted by Gasteiger charge is 2.28. The summed E-state index contributed by atoms with van der Waals surface area (Å²) in [7, 11) is -3.01. The normalized spacial score (nSPS) is 19.9. The Kier molecular flexibility index (Phi) is 4.28. The molecule has 10 heteroatoms. The molecule has 1 unspecified atom stereocenters. The summed E-state index contributed by atoms with van der Waals surface area (Å²) in [6.07, 6.45) is 0.469. The summed E-state index contributed by atoms with van der Waals surface area (Å²) in [5, 5.41) is 25.9. The molecule has 1 fully saturated rings. The van der Waals surface area contributed by atoms with Crippen LogP contribution in [0.2, 0.25) is 0 Å². The maximum absolute atomic E-state index is 11.3. The van der Waals surface area contributed by atoms with Gasteiger partial charge in [0.25, 0.3) is 5.69 Å². The number of non-ortho nitro benzene ring substituents is 1. The van der Waals surface area contributed by atoms with Crippen molar-refractivity contribution in [3.8, 4) is 5.75 Å². The van der Waals surface area contributed by atoms with Crippen LogP contribution in [0.5, 0.6) is 5.75 Å². The number of nitro benzene ring substituents is 1. The molecule has 0 aromatic heterocycles. The molecule has 1 heterocycles. The number of phenolic OH excluding ortho intramolecular Hbond substituents is 1. The smallest absolute Gasteiger partial charge is 0.273 e. The number of rotatable bonds is 3. The molecule has 3 N–H and O–H groups in total. The van der Waals surface area contributed by atoms with Gasteiger partial charge in [-0.25, -0.2) is 8.42 Å². The average molecular weight is 331 g/mol. The number of hydrogen-bond donors (Lipinski definition) is 3. The molecule has 8 nitrogen and oxygen atoms in total. The number of aromatic hydroxyl groups is 1. The van der Waals surface area contributed by atoms with Gasteiger partial charge in [-0.2, -0.15) is 0 Å². The summed E-state index contributed by atoms with van der Waals surface area (Å²) in [5.41, 5.74) is -0.0298. The molecule has 2 rings (SSSR count). The third kappa shape index (κ3) is 4.02. The zero-order valence-electron chi connectivity index (χ0n) is 10.8. The molecule has 1 saturated heterocycles. The summed E-state index contributed by atoms with van der Waals surface area (Å²) in [6.45, 7) is 0. The summed E-state index contributed by atoms with van der Waals surface area (Å²) < 4.78 is 22.7. The lowest BCUT2D eigenvalue weighted by atomic mass is 10.2. The summed E-state index contributed by atoms with van der Waals surface area (Å²) in [6, 6.07) is 3.29. The molecule has 0 saturated carbocycles. The Hall–Kier alpha value is -1.94. The van der Waals surface area contributed by atoms with Crippen LogP contribution in [-0.4, -0.2) is 41.1 Å². The van der Waals surface area contributed by atoms with Gasteiger partial charge in [0.2, 0.25) is 0 Å². The van der Waals surface area contributed by atoms with E-state index in [-0.39, 0.29) is 39.8 Å². The molecule has 1 aliphatic rings. The van der Waals surface area contributed by atoms with Crippen LogP contribution in [0.25, 0.3) is 0 Å². The fraction of sp³-hybridized carbons (Fsp3) is 0.364. The van der Waals surface area contributed by atoms with Crippen LogP contribution in [0.4, 0.5) is 11.4 Å². The first-order chi connectivity index (χ1) is 9.77. The van der Waals surface area contributed by atoms with Crippen molar-refractivity contribution in [1.82, 2.24) is 5.32 Å². The topological polar surface area (TPSA) is 122 Å². The van der Waals surface area contributed by atoms with Crippen molar-refractivity contribution < 1.29 is 18.4 Å². The lowest BCUT2D eigenvalue weighted by Gasteiger charge is -2.15. The first-order valence-electron chi connectivity index (χ1n) is 6.02. The van der Waals surface area contributed by atoms with Gasteiger partial charge in [0.15, 0.2) is 14.9 Å². The standard InChI is InChI=1S/C11H13N3O5S2/c15-10-5-8(14(16)17)1-2-9(10)13-11(20)12-7-3-4-21(18,19)6-7/h1-2,5,7,15H,3-4,6H2,(H2,12,13,20). The van der Waals surface area contributed by atoms with Crippen molar-refractivity contribution in [3.63, 3.8) is 0 Å². The Morgan fingerprint density at radius 3 is 2.71 bits per heavy atom. The van der Waals surface area contributed by atoms with Crippen LogP contribution in [0.15, 0.2) is 18.2 Å². The van der Waals surface area contributed by atoms with Gasteiger partial charge in [-0.05, 0) is 24.7 Å². The van der Waals surface area contributed by atoms with Gasteiger partial charge < -0.3 is 15.7 Å². The minimum Gasteiger partial charge on any atom is -0.506 e. The van der Waals surface area contributed by atoms with E-state index in [1.165, 1.54) is 12.1 Å². The summed E-state index contributed by atoms with van der Waals surface area (Å²) in [4.78, 5) is 9.94. The van der Waals surface area contributed by atoms with E-state index in [1.807, 2.05) is 0 Å². The van der Waals surface area contributed by atoms with Crippen molar-refractivity contribution in [2.45, 2.75) is 12.5 Å². The summed E-state index contributed by atoms with van der Waals surface area (Å²) in [5.74, 6) is -0.177. The molecule has 0 aliphatic carbocycles. The van der Waals surface area contributed by atoms with Crippen molar-refractivity contribution in [2.75, 3.05) is 16.8 Å². The van der Waals surface area contributed by atoms with Crippen LogP contribution < -0.4 is 10.6 Å². The molecular formula is C11H13N3O5S2. The Labute approximate surface area is 126 Å². The molecular weight excluding hydrogens is 318 g/mol. The number of anilines is 1. The molecule has 114 valence electrons. The van der Waals surface area contributed by atoms with E-state index in [1.54, 1.807) is 0 Å². The lowest BCUT2D eigenvalue weighted by Crippen LogP contribution is -2.38. The van der Waals surface area contributed by atoms with Crippen LogP contribution in [0.1, 0.15) is 6.42 Å². The van der Waals surface area contributed by atoms with Crippen molar-refractivity contribution in [2.24, 2.45) is 0 Å². The number of hydrogen-bond acceptors (Lipinski definition) is 6. The van der Waals surface area contributed by atoms with Gasteiger partial charge in [-0.3, -0.25) is 10.1 Å². The molecule has 1 aliphatic heterocycles. The number of phenols is 1. The van der Waals surface area contributed by atoms with Gasteiger partial charge in [0.05, 0.1) is 28.2 Å². The SMILES string of the molecule is O=[N+]([O-])c1ccc(NC(=S)NC2CCS(=O)(=O)C2)c(O)c1. The predicted octanol–water partition coefficient (Wildman–Crippen LogP) is 0.774. The molecule has 1 atom stereocenters. The monoisotopic (exact) mass is 331 g/mol. The van der Waals surface area contributed by atoms with Gasteiger partial charge in [0, 0.05) is 12.1 Å². The molecule has 0 bridgehead atoms. The van der Waals surface area contributed by atoms with E-state index in [0.717, 1.165) is 6.07 Å². The Morgan fingerprint density at radius 1 is 1.48 bits per heavy atom. The zero-order valence-corrected chi connectivity index (χ0v) is 12.4. The van der Waals surface area contributed by atoms with Crippen molar-refractivity contribution >= 4 is 38.5 Å². The van der Waals surface area contributed by atoms with E-state index in [0.29, 0.717) is 6.42 Å². The minimum atomic E-state index is -3.01. The highest BCUT2D eigenvalue weighted by Crippen LogP contribution is 2.27. The number of thiocarbonyl (C=S) groups is 1. The Morgan fingerprint density at radius 2 is 2.19 bits per heavy atom. The second-order valence-corrected chi connectivity index (χ2v) is 7.29. The lowest BCUT2D eigenvalue weighted by molar-refractivity contribution is -0.384. The number of nitro groups is 1. The van der Waals surface area contributed by atoms with E-state index in [4.69, 9.17) is 12.2 Å². The molecule has 0 spiro atoms. The van der Waals surface area contributed by atoms with Gasteiger partial charge in [-0.15, -0.1) is 0 Å². The Balaban J connectivity index is 1.98. The fourth-order valence-corrected chi connectivity index (χ4v) is 3.94. The maximum Gasteiger partial charge on any atom is 0.273 e. The molecule has 21 heavy (non-hydrogen) atoms. The molecule has 1 aromatic rings. The number of nitrogens with one attached hydrogen (secondary N) is 2. The van der Waals surface area contributed by atoms with Gasteiger partial charge in [0.1, 0.15) is 5.75 Å². The van der Waals surface area contributed by atoms with Gasteiger partial charge >= 0.3 is 0 Å². The van der Waals surface area contributed by atoms with Crippen LogP contribution in [-0.2, 0) is 9.84 Å².